The van der Waals surface area contributed by atoms with E-state index in [1.54, 1.807) is 37.5 Å². The number of methoxy groups -OCH3 is 1. The Morgan fingerprint density at radius 1 is 1.00 bits per heavy atom. The van der Waals surface area contributed by atoms with Crippen molar-refractivity contribution in [3.8, 4) is 17.2 Å². The van der Waals surface area contributed by atoms with E-state index in [4.69, 9.17) is 9.47 Å². The van der Waals surface area contributed by atoms with E-state index in [1.807, 2.05) is 13.8 Å². The van der Waals surface area contributed by atoms with E-state index in [0.29, 0.717) is 11.3 Å². The van der Waals surface area contributed by atoms with Gasteiger partial charge in [-0.15, -0.1) is 0 Å². The number of carbonyl (C=O) groups excluding carboxylic acids is 2. The van der Waals surface area contributed by atoms with E-state index in [1.165, 1.54) is 24.3 Å². The smallest absolute Gasteiger partial charge is 0.331 e. The van der Waals surface area contributed by atoms with Crippen LogP contribution in [0.5, 0.6) is 17.2 Å². The molecule has 144 valence electrons. The molecular weight excluding hydrogens is 348 g/mol. The normalized spacial score (nSPS) is 10.0. The largest absolute Gasteiger partial charge is 0.504 e. The van der Waals surface area contributed by atoms with Crippen molar-refractivity contribution in [2.45, 2.75) is 20.3 Å². The molecule has 6 nitrogen and oxygen atoms in total. The zero-order valence-electron chi connectivity index (χ0n) is 15.6. The van der Waals surface area contributed by atoms with Gasteiger partial charge in [0, 0.05) is 12.5 Å². The van der Waals surface area contributed by atoms with Crippen molar-refractivity contribution in [1.82, 2.24) is 0 Å². The predicted molar refractivity (Wildman–Crippen MR) is 103 cm³/mol. The number of aromatic hydroxyl groups is 2. The van der Waals surface area contributed by atoms with Gasteiger partial charge in [0.15, 0.2) is 23.9 Å². The highest BCUT2D eigenvalue weighted by Gasteiger charge is 2.08. The first-order valence-electron chi connectivity index (χ1n) is 8.49. The number of phenolic OH excluding ortho intramolecular Hbond substituents is 2. The van der Waals surface area contributed by atoms with Crippen LogP contribution in [0, 0.1) is 0 Å². The van der Waals surface area contributed by atoms with Gasteiger partial charge in [-0.05, 0) is 41.5 Å². The lowest BCUT2D eigenvalue weighted by Gasteiger charge is -2.04. The third kappa shape index (κ3) is 7.64. The first kappa shape index (κ1) is 21.8. The summed E-state index contributed by atoms with van der Waals surface area (Å²) in [5, 5.41) is 18.6. The molecule has 0 heterocycles. The molecule has 0 aliphatic carbocycles. The van der Waals surface area contributed by atoms with Crippen LogP contribution in [0.2, 0.25) is 0 Å². The average Bonchev–Trinajstić information content (AvgIpc) is 2.69. The Balaban J connectivity index is 0.00000176. The number of rotatable bonds is 7. The maximum Gasteiger partial charge on any atom is 0.331 e. The molecule has 0 atom stereocenters. The zero-order chi connectivity index (χ0) is 20.2. The molecule has 0 saturated heterocycles. The Kier molecular flexibility index (Phi) is 9.15. The monoisotopic (exact) mass is 372 g/mol. The summed E-state index contributed by atoms with van der Waals surface area (Å²) in [6, 6.07) is 11.2. The summed E-state index contributed by atoms with van der Waals surface area (Å²) in [7, 11) is 1.57. The first-order valence-corrected chi connectivity index (χ1v) is 8.49. The number of ether oxygens (including phenoxy) is 2. The molecule has 0 bridgehead atoms. The van der Waals surface area contributed by atoms with E-state index in [9.17, 15) is 19.8 Å². The van der Waals surface area contributed by atoms with E-state index < -0.39 is 5.97 Å². The minimum absolute atomic E-state index is 0.0106. The van der Waals surface area contributed by atoms with Gasteiger partial charge in [-0.1, -0.05) is 32.0 Å². The number of phenols is 2. The standard InChI is InChI=1S/C19H18O6.C2H6/c1-24-16-6-2-13(3-7-16)5-9-19(23)25-12-15(20)10-14-4-8-17(21)18(22)11-14;1-2/h2-9,11,21-22H,10,12H2,1H3;1-2H3/b9-5+;. The molecule has 27 heavy (non-hydrogen) atoms. The summed E-state index contributed by atoms with van der Waals surface area (Å²) in [4.78, 5) is 23.4. The molecule has 0 unspecified atom stereocenters. The SMILES string of the molecule is CC.COc1ccc(/C=C/C(=O)OCC(=O)Cc2ccc(O)c(O)c2)cc1. The Labute approximate surface area is 158 Å². The second-order valence-corrected chi connectivity index (χ2v) is 5.25. The topological polar surface area (TPSA) is 93.1 Å². The molecule has 6 heteroatoms. The number of Topliss-reactive ketones (excluding diaryl/α,β-unsaturated/α-hetero) is 1. The van der Waals surface area contributed by atoms with Gasteiger partial charge in [-0.2, -0.15) is 0 Å². The molecule has 0 aromatic heterocycles. The lowest BCUT2D eigenvalue weighted by atomic mass is 10.1. The highest BCUT2D eigenvalue weighted by molar-refractivity contribution is 5.90. The lowest BCUT2D eigenvalue weighted by molar-refractivity contribution is -0.142. The maximum atomic E-state index is 11.8. The molecule has 0 aliphatic heterocycles. The van der Waals surface area contributed by atoms with Crippen molar-refractivity contribution >= 4 is 17.8 Å². The first-order chi connectivity index (χ1) is 13.0. The quantitative estimate of drug-likeness (QED) is 0.439. The van der Waals surface area contributed by atoms with Crippen LogP contribution < -0.4 is 4.74 Å². The van der Waals surface area contributed by atoms with E-state index in [2.05, 4.69) is 0 Å². The highest BCUT2D eigenvalue weighted by atomic mass is 16.5. The number of hydrogen-bond acceptors (Lipinski definition) is 6. The van der Waals surface area contributed by atoms with Crippen LogP contribution in [-0.2, 0) is 20.7 Å². The van der Waals surface area contributed by atoms with E-state index >= 15 is 0 Å². The van der Waals surface area contributed by atoms with Gasteiger partial charge >= 0.3 is 5.97 Å². The van der Waals surface area contributed by atoms with E-state index in [-0.39, 0.29) is 30.3 Å². The van der Waals surface area contributed by atoms with Gasteiger partial charge in [0.05, 0.1) is 7.11 Å². The minimum Gasteiger partial charge on any atom is -0.504 e. The number of esters is 1. The molecule has 0 radical (unpaired) electrons. The molecule has 0 amide bonds. The fraction of sp³-hybridized carbons (Fsp3) is 0.238. The molecule has 0 saturated carbocycles. The zero-order valence-corrected chi connectivity index (χ0v) is 15.6. The average molecular weight is 372 g/mol. The Morgan fingerprint density at radius 2 is 1.67 bits per heavy atom. The maximum absolute atomic E-state index is 11.8. The van der Waals surface area contributed by atoms with Crippen LogP contribution >= 0.6 is 0 Å². The Hall–Kier alpha value is -3.28. The summed E-state index contributed by atoms with van der Waals surface area (Å²) >= 11 is 0. The van der Waals surface area contributed by atoms with Crippen LogP contribution in [-0.4, -0.2) is 35.7 Å². The lowest BCUT2D eigenvalue weighted by Crippen LogP contribution is -2.14. The second-order valence-electron chi connectivity index (χ2n) is 5.25. The highest BCUT2D eigenvalue weighted by Crippen LogP contribution is 2.25. The van der Waals surface area contributed by atoms with Crippen molar-refractivity contribution in [3.63, 3.8) is 0 Å². The molecule has 0 spiro atoms. The Bertz CT molecular complexity index is 778. The Morgan fingerprint density at radius 3 is 2.26 bits per heavy atom. The second kappa shape index (κ2) is 11.4. The summed E-state index contributed by atoms with van der Waals surface area (Å²) in [5.41, 5.74) is 1.31. The van der Waals surface area contributed by atoms with Gasteiger partial charge in [0.2, 0.25) is 0 Å². The minimum atomic E-state index is -0.627. The van der Waals surface area contributed by atoms with Gasteiger partial charge in [0.1, 0.15) is 5.75 Å². The van der Waals surface area contributed by atoms with Gasteiger partial charge < -0.3 is 19.7 Å². The van der Waals surface area contributed by atoms with Crippen molar-refractivity contribution in [1.29, 1.82) is 0 Å². The number of benzene rings is 2. The predicted octanol–water partition coefficient (Wildman–Crippen LogP) is 3.50. The molecule has 0 aliphatic rings. The van der Waals surface area contributed by atoms with Crippen LogP contribution in [0.15, 0.2) is 48.5 Å². The van der Waals surface area contributed by atoms with Gasteiger partial charge in [-0.25, -0.2) is 4.79 Å². The third-order valence-electron chi connectivity index (χ3n) is 3.34. The molecule has 0 fully saturated rings. The van der Waals surface area contributed by atoms with Crippen molar-refractivity contribution in [3.05, 3.63) is 59.7 Å². The number of ketones is 1. The van der Waals surface area contributed by atoms with E-state index in [0.717, 1.165) is 5.56 Å². The summed E-state index contributed by atoms with van der Waals surface area (Å²) in [5.74, 6) is -0.796. The molecule has 2 N–H and O–H groups in total. The summed E-state index contributed by atoms with van der Waals surface area (Å²) in [6.07, 6.45) is 2.80. The van der Waals surface area contributed by atoms with Crippen molar-refractivity contribution in [2.24, 2.45) is 0 Å². The van der Waals surface area contributed by atoms with Crippen LogP contribution in [0.4, 0.5) is 0 Å². The van der Waals surface area contributed by atoms with Crippen molar-refractivity contribution < 1.29 is 29.3 Å². The van der Waals surface area contributed by atoms with Crippen LogP contribution in [0.25, 0.3) is 6.08 Å². The number of hydrogen-bond donors (Lipinski definition) is 2. The fourth-order valence-corrected chi connectivity index (χ4v) is 2.04. The molecule has 2 aromatic rings. The van der Waals surface area contributed by atoms with Crippen molar-refractivity contribution in [2.75, 3.05) is 13.7 Å². The molecular formula is C21H24O6. The van der Waals surface area contributed by atoms with Gasteiger partial charge in [-0.3, -0.25) is 4.79 Å². The van der Waals surface area contributed by atoms with Crippen LogP contribution in [0.3, 0.4) is 0 Å². The third-order valence-corrected chi connectivity index (χ3v) is 3.34. The molecule has 2 rings (SSSR count). The fourth-order valence-electron chi connectivity index (χ4n) is 2.04. The summed E-state index contributed by atoms with van der Waals surface area (Å²) < 4.78 is 9.92. The van der Waals surface area contributed by atoms with Crippen LogP contribution in [0.1, 0.15) is 25.0 Å². The number of carbonyl (C=O) groups is 2. The summed E-state index contributed by atoms with van der Waals surface area (Å²) in [6.45, 7) is 3.63. The van der Waals surface area contributed by atoms with Gasteiger partial charge in [0.25, 0.3) is 0 Å². The molecule has 2 aromatic carbocycles.